The zero-order chi connectivity index (χ0) is 20.4. The number of hydrogen-bond donors (Lipinski definition) is 0. The van der Waals surface area contributed by atoms with Crippen LogP contribution in [0.3, 0.4) is 0 Å². The minimum atomic E-state index is 0.631. The van der Waals surface area contributed by atoms with Gasteiger partial charge in [0.15, 0.2) is 0 Å². The molecule has 28 heavy (non-hydrogen) atoms. The van der Waals surface area contributed by atoms with Crippen molar-refractivity contribution in [2.45, 2.75) is 104 Å². The fourth-order valence-corrected chi connectivity index (χ4v) is 3.20. The minimum absolute atomic E-state index is 0.631. The predicted octanol–water partition coefficient (Wildman–Crippen LogP) is 6.55. The topological polar surface area (TPSA) is 36.9 Å². The zero-order valence-electron chi connectivity index (χ0n) is 19.2. The summed E-state index contributed by atoms with van der Waals surface area (Å²) < 4.78 is 21.7. The van der Waals surface area contributed by atoms with Crippen LogP contribution in [-0.2, 0) is 18.9 Å². The van der Waals surface area contributed by atoms with E-state index < -0.39 is 0 Å². The van der Waals surface area contributed by atoms with E-state index in [2.05, 4.69) is 6.92 Å². The maximum absolute atomic E-state index is 5.61. The third-order valence-corrected chi connectivity index (χ3v) is 4.96. The molecule has 0 amide bonds. The fourth-order valence-electron chi connectivity index (χ4n) is 3.20. The van der Waals surface area contributed by atoms with Gasteiger partial charge < -0.3 is 18.9 Å². The zero-order valence-corrected chi connectivity index (χ0v) is 19.2. The second kappa shape index (κ2) is 26.8. The van der Waals surface area contributed by atoms with Crippen molar-refractivity contribution < 1.29 is 18.9 Å². The Balaban J connectivity index is 2.96. The van der Waals surface area contributed by atoms with Gasteiger partial charge in [-0.15, -0.1) is 0 Å². The van der Waals surface area contributed by atoms with Gasteiger partial charge in [-0.3, -0.25) is 0 Å². The van der Waals surface area contributed by atoms with Crippen LogP contribution in [0.25, 0.3) is 0 Å². The first-order valence-corrected chi connectivity index (χ1v) is 12.2. The Morgan fingerprint density at radius 3 is 1.04 bits per heavy atom. The first kappa shape index (κ1) is 27.8. The largest absolute Gasteiger partial charge is 0.379 e. The maximum atomic E-state index is 5.61. The first-order chi connectivity index (χ1) is 13.9. The van der Waals surface area contributed by atoms with E-state index >= 15 is 0 Å². The van der Waals surface area contributed by atoms with Crippen molar-refractivity contribution in [1.29, 1.82) is 0 Å². The molecule has 0 aliphatic carbocycles. The molecule has 0 aromatic heterocycles. The average molecular weight is 403 g/mol. The molecule has 0 bridgehead atoms. The predicted molar refractivity (Wildman–Crippen MR) is 119 cm³/mol. The molecule has 0 rings (SSSR count). The van der Waals surface area contributed by atoms with Gasteiger partial charge in [0.05, 0.1) is 39.6 Å². The lowest BCUT2D eigenvalue weighted by atomic mass is 10.0. The van der Waals surface area contributed by atoms with Gasteiger partial charge in [-0.2, -0.15) is 0 Å². The van der Waals surface area contributed by atoms with Crippen molar-refractivity contribution in [2.24, 2.45) is 0 Å². The van der Waals surface area contributed by atoms with E-state index in [0.717, 1.165) is 13.2 Å². The van der Waals surface area contributed by atoms with Crippen molar-refractivity contribution in [3.05, 3.63) is 0 Å². The Bertz CT molecular complexity index is 235. The van der Waals surface area contributed by atoms with Gasteiger partial charge >= 0.3 is 0 Å². The van der Waals surface area contributed by atoms with Crippen LogP contribution in [0, 0.1) is 0 Å². The maximum Gasteiger partial charge on any atom is 0.0701 e. The summed E-state index contributed by atoms with van der Waals surface area (Å²) in [5.74, 6) is 0. The van der Waals surface area contributed by atoms with Crippen LogP contribution in [-0.4, -0.2) is 52.9 Å². The Hall–Kier alpha value is -0.160. The molecule has 0 aromatic rings. The number of ether oxygens (including phenoxy) is 4. The molecule has 0 saturated heterocycles. The van der Waals surface area contributed by atoms with Crippen LogP contribution < -0.4 is 0 Å². The van der Waals surface area contributed by atoms with Crippen molar-refractivity contribution in [3.63, 3.8) is 0 Å². The standard InChI is InChI=1S/C24H50O4/c1-3-5-6-7-8-9-10-11-12-13-14-15-16-17-18-26-21-22-28-24-23-27-20-19-25-4-2/h3-24H2,1-2H3. The highest BCUT2D eigenvalue weighted by molar-refractivity contribution is 4.49. The number of unbranched alkanes of at least 4 members (excludes halogenated alkanes) is 13. The molecule has 0 unspecified atom stereocenters. The van der Waals surface area contributed by atoms with Crippen molar-refractivity contribution in [1.82, 2.24) is 0 Å². The Labute approximate surface area is 176 Å². The highest BCUT2D eigenvalue weighted by Gasteiger charge is 1.95. The van der Waals surface area contributed by atoms with E-state index in [9.17, 15) is 0 Å². The molecule has 0 fully saturated rings. The number of hydrogen-bond acceptors (Lipinski definition) is 4. The smallest absolute Gasteiger partial charge is 0.0701 e. The van der Waals surface area contributed by atoms with Crippen molar-refractivity contribution in [3.8, 4) is 0 Å². The lowest BCUT2D eigenvalue weighted by Crippen LogP contribution is -2.12. The molecule has 170 valence electrons. The third kappa shape index (κ3) is 25.8. The molecule has 4 nitrogen and oxygen atoms in total. The van der Waals surface area contributed by atoms with Crippen LogP contribution in [0.5, 0.6) is 0 Å². The van der Waals surface area contributed by atoms with Crippen LogP contribution in [0.4, 0.5) is 0 Å². The van der Waals surface area contributed by atoms with Gasteiger partial charge in [0.2, 0.25) is 0 Å². The summed E-state index contributed by atoms with van der Waals surface area (Å²) in [6.45, 7) is 9.81. The van der Waals surface area contributed by atoms with Gasteiger partial charge in [0, 0.05) is 13.2 Å². The van der Waals surface area contributed by atoms with Crippen LogP contribution in [0.15, 0.2) is 0 Å². The minimum Gasteiger partial charge on any atom is -0.379 e. The summed E-state index contributed by atoms with van der Waals surface area (Å²) in [5, 5.41) is 0. The molecule has 0 N–H and O–H groups in total. The summed E-state index contributed by atoms with van der Waals surface area (Å²) in [7, 11) is 0. The molecule has 0 saturated carbocycles. The molecule has 0 heterocycles. The van der Waals surface area contributed by atoms with Gasteiger partial charge in [-0.25, -0.2) is 0 Å². The van der Waals surface area contributed by atoms with Crippen molar-refractivity contribution >= 4 is 0 Å². The Morgan fingerprint density at radius 2 is 0.643 bits per heavy atom. The van der Waals surface area contributed by atoms with Crippen LogP contribution in [0.2, 0.25) is 0 Å². The second-order valence-corrected chi connectivity index (χ2v) is 7.63. The molecule has 0 aromatic carbocycles. The quantitative estimate of drug-likeness (QED) is 0.162. The fraction of sp³-hybridized carbons (Fsp3) is 1.00. The summed E-state index contributed by atoms with van der Waals surface area (Å²) in [4.78, 5) is 0. The van der Waals surface area contributed by atoms with Gasteiger partial charge in [0.1, 0.15) is 0 Å². The van der Waals surface area contributed by atoms with E-state index in [0.29, 0.717) is 39.6 Å². The average Bonchev–Trinajstić information content (AvgIpc) is 2.71. The monoisotopic (exact) mass is 402 g/mol. The van der Waals surface area contributed by atoms with Crippen LogP contribution in [0.1, 0.15) is 104 Å². The molecule has 0 atom stereocenters. The summed E-state index contributed by atoms with van der Waals surface area (Å²) >= 11 is 0. The third-order valence-electron chi connectivity index (χ3n) is 4.96. The van der Waals surface area contributed by atoms with Crippen LogP contribution >= 0.6 is 0 Å². The lowest BCUT2D eigenvalue weighted by Gasteiger charge is -2.07. The van der Waals surface area contributed by atoms with E-state index in [4.69, 9.17) is 18.9 Å². The Morgan fingerprint density at radius 1 is 0.321 bits per heavy atom. The number of rotatable bonds is 25. The summed E-state index contributed by atoms with van der Waals surface area (Å²) in [5.41, 5.74) is 0. The molecule has 0 aliphatic heterocycles. The SMILES string of the molecule is CCCCCCCCCCCCCCCCOCCOCCOCCOCC. The van der Waals surface area contributed by atoms with E-state index in [1.165, 1.54) is 89.9 Å². The summed E-state index contributed by atoms with van der Waals surface area (Å²) in [6, 6.07) is 0. The van der Waals surface area contributed by atoms with E-state index in [-0.39, 0.29) is 0 Å². The second-order valence-electron chi connectivity index (χ2n) is 7.63. The lowest BCUT2D eigenvalue weighted by molar-refractivity contribution is -0.000841. The van der Waals surface area contributed by atoms with E-state index in [1.54, 1.807) is 0 Å². The van der Waals surface area contributed by atoms with Gasteiger partial charge in [-0.1, -0.05) is 90.4 Å². The molecule has 0 aliphatic rings. The molecular weight excluding hydrogens is 352 g/mol. The van der Waals surface area contributed by atoms with E-state index in [1.807, 2.05) is 6.92 Å². The highest BCUT2D eigenvalue weighted by atomic mass is 16.6. The van der Waals surface area contributed by atoms with Gasteiger partial charge in [0.25, 0.3) is 0 Å². The summed E-state index contributed by atoms with van der Waals surface area (Å²) in [6.07, 6.45) is 19.5. The normalized spacial score (nSPS) is 11.4. The first-order valence-electron chi connectivity index (χ1n) is 12.2. The molecular formula is C24H50O4. The molecule has 0 radical (unpaired) electrons. The molecule has 4 heteroatoms. The van der Waals surface area contributed by atoms with Gasteiger partial charge in [-0.05, 0) is 13.3 Å². The molecule has 0 spiro atoms. The van der Waals surface area contributed by atoms with Crippen molar-refractivity contribution in [2.75, 3.05) is 52.9 Å². The Kier molecular flexibility index (Phi) is 26.7. The highest BCUT2D eigenvalue weighted by Crippen LogP contribution is 2.12.